The van der Waals surface area contributed by atoms with Gasteiger partial charge in [-0.05, 0) is 52.2 Å². The molecule has 0 unspecified atom stereocenters. The first kappa shape index (κ1) is 18.2. The predicted octanol–water partition coefficient (Wildman–Crippen LogP) is 2.53. The number of halogens is 1. The van der Waals surface area contributed by atoms with Crippen molar-refractivity contribution in [2.75, 3.05) is 6.61 Å². The van der Waals surface area contributed by atoms with Gasteiger partial charge in [0.2, 0.25) is 0 Å². The molecule has 2 aromatic rings. The molecule has 0 aliphatic carbocycles. The zero-order chi connectivity index (χ0) is 17.4. The van der Waals surface area contributed by atoms with E-state index in [1.54, 1.807) is 12.1 Å². The van der Waals surface area contributed by atoms with Gasteiger partial charge in [0.25, 0.3) is 5.91 Å². The average Bonchev–Trinajstić information content (AvgIpc) is 3.20. The molecule has 2 N–H and O–H groups in total. The molecule has 0 saturated heterocycles. The first-order valence-corrected chi connectivity index (χ1v) is 8.69. The van der Waals surface area contributed by atoms with E-state index in [4.69, 9.17) is 9.15 Å². The van der Waals surface area contributed by atoms with E-state index in [9.17, 15) is 14.4 Å². The van der Waals surface area contributed by atoms with E-state index in [2.05, 4.69) is 10.6 Å². The Morgan fingerprint density at radius 3 is 2.79 bits per heavy atom. The monoisotopic (exact) mass is 460 g/mol. The highest BCUT2D eigenvalue weighted by Crippen LogP contribution is 2.11. The topological polar surface area (TPSA) is 97.6 Å². The molecule has 9 heteroatoms. The fourth-order valence-corrected chi connectivity index (χ4v) is 2.62. The van der Waals surface area contributed by atoms with Crippen molar-refractivity contribution in [3.8, 4) is 0 Å². The van der Waals surface area contributed by atoms with Crippen LogP contribution >= 0.6 is 33.9 Å². The third kappa shape index (κ3) is 6.54. The van der Waals surface area contributed by atoms with Gasteiger partial charge in [-0.2, -0.15) is 0 Å². The molecule has 0 radical (unpaired) electrons. The number of thiophene rings is 1. The van der Waals surface area contributed by atoms with Crippen LogP contribution in [0.3, 0.4) is 0 Å². The minimum atomic E-state index is -0.715. The maximum Gasteiger partial charge on any atom is 0.331 e. The van der Waals surface area contributed by atoms with E-state index in [0.29, 0.717) is 16.1 Å². The minimum Gasteiger partial charge on any atom is -0.452 e. The number of urea groups is 1. The Hall–Kier alpha value is -2.14. The van der Waals surface area contributed by atoms with Gasteiger partial charge in [0.1, 0.15) is 5.76 Å². The van der Waals surface area contributed by atoms with Crippen molar-refractivity contribution in [3.63, 3.8) is 0 Å². The van der Waals surface area contributed by atoms with Crippen LogP contribution < -0.4 is 10.6 Å². The molecule has 0 saturated carbocycles. The molecule has 2 rings (SSSR count). The van der Waals surface area contributed by atoms with Crippen LogP contribution in [0.5, 0.6) is 0 Å². The predicted molar refractivity (Wildman–Crippen MR) is 96.1 cm³/mol. The second kappa shape index (κ2) is 9.23. The molecule has 3 amide bonds. The summed E-state index contributed by atoms with van der Waals surface area (Å²) in [5, 5.41) is 6.48. The van der Waals surface area contributed by atoms with Crippen molar-refractivity contribution in [1.82, 2.24) is 10.6 Å². The molecule has 0 fully saturated rings. The van der Waals surface area contributed by atoms with Gasteiger partial charge in [-0.15, -0.1) is 11.3 Å². The number of rotatable bonds is 6. The highest BCUT2D eigenvalue weighted by Gasteiger charge is 2.09. The Morgan fingerprint density at radius 2 is 2.12 bits per heavy atom. The maximum absolute atomic E-state index is 11.5. The Bertz CT molecular complexity index is 739. The van der Waals surface area contributed by atoms with Crippen LogP contribution in [0.25, 0.3) is 6.08 Å². The van der Waals surface area contributed by atoms with Crippen molar-refractivity contribution in [2.24, 2.45) is 0 Å². The van der Waals surface area contributed by atoms with E-state index < -0.39 is 24.5 Å². The van der Waals surface area contributed by atoms with E-state index in [1.807, 2.05) is 40.1 Å². The zero-order valence-electron chi connectivity index (χ0n) is 12.3. The van der Waals surface area contributed by atoms with Crippen LogP contribution in [-0.4, -0.2) is 24.5 Å². The SMILES string of the molecule is O=C(COC(=O)/C=C/c1ccc(I)o1)NC(=O)NCc1cccs1. The van der Waals surface area contributed by atoms with Crippen LogP contribution in [0.1, 0.15) is 10.6 Å². The molecule has 24 heavy (non-hydrogen) atoms. The number of hydrogen-bond donors (Lipinski definition) is 2. The molecule has 0 aromatic carbocycles. The Morgan fingerprint density at radius 1 is 1.29 bits per heavy atom. The van der Waals surface area contributed by atoms with Crippen LogP contribution in [-0.2, 0) is 20.9 Å². The molecule has 0 aliphatic heterocycles. The average molecular weight is 460 g/mol. The van der Waals surface area contributed by atoms with Crippen molar-refractivity contribution in [1.29, 1.82) is 0 Å². The lowest BCUT2D eigenvalue weighted by Gasteiger charge is -2.05. The number of imide groups is 1. The summed E-state index contributed by atoms with van der Waals surface area (Å²) >= 11 is 3.49. The molecular weight excluding hydrogens is 447 g/mol. The summed E-state index contributed by atoms with van der Waals surface area (Å²) in [7, 11) is 0. The van der Waals surface area contributed by atoms with Gasteiger partial charge in [0, 0.05) is 11.0 Å². The lowest BCUT2D eigenvalue weighted by Crippen LogP contribution is -2.40. The van der Waals surface area contributed by atoms with Crippen molar-refractivity contribution in [2.45, 2.75) is 6.54 Å². The quantitative estimate of drug-likeness (QED) is 0.393. The minimum absolute atomic E-state index is 0.321. The summed E-state index contributed by atoms with van der Waals surface area (Å²) in [6.45, 7) is -0.230. The lowest BCUT2D eigenvalue weighted by atomic mass is 10.4. The number of amides is 3. The summed E-state index contributed by atoms with van der Waals surface area (Å²) in [4.78, 5) is 35.4. The highest BCUT2D eigenvalue weighted by atomic mass is 127. The number of ether oxygens (including phenoxy) is 1. The van der Waals surface area contributed by atoms with Crippen LogP contribution in [0, 0.1) is 3.77 Å². The molecular formula is C15H13IN2O5S. The van der Waals surface area contributed by atoms with Crippen molar-refractivity contribution >= 4 is 57.9 Å². The second-order valence-electron chi connectivity index (χ2n) is 4.39. The van der Waals surface area contributed by atoms with Gasteiger partial charge in [-0.1, -0.05) is 6.07 Å². The molecule has 0 aliphatic rings. The summed E-state index contributed by atoms with van der Waals surface area (Å²) in [6.07, 6.45) is 2.56. The fourth-order valence-electron chi connectivity index (χ4n) is 1.54. The number of nitrogens with one attached hydrogen (secondary N) is 2. The summed E-state index contributed by atoms with van der Waals surface area (Å²) in [5.74, 6) is -0.933. The van der Waals surface area contributed by atoms with Gasteiger partial charge in [0.05, 0.1) is 6.54 Å². The third-order valence-electron chi connectivity index (χ3n) is 2.58. The van der Waals surface area contributed by atoms with Crippen LogP contribution in [0.15, 0.2) is 40.1 Å². The Balaban J connectivity index is 1.65. The van der Waals surface area contributed by atoms with Gasteiger partial charge in [-0.3, -0.25) is 10.1 Å². The molecule has 0 atom stereocenters. The van der Waals surface area contributed by atoms with E-state index >= 15 is 0 Å². The third-order valence-corrected chi connectivity index (χ3v) is 4.04. The standard InChI is InChI=1S/C15H13IN2O5S/c16-12-5-3-10(23-12)4-6-14(20)22-9-13(19)18-15(21)17-8-11-2-1-7-24-11/h1-7H,8-9H2,(H2,17,18,19,21)/b6-4+. The molecule has 2 aromatic heterocycles. The Kier molecular flexibility index (Phi) is 7.00. The van der Waals surface area contributed by atoms with Crippen molar-refractivity contribution < 1.29 is 23.5 Å². The molecule has 7 nitrogen and oxygen atoms in total. The molecule has 126 valence electrons. The number of furan rings is 1. The molecule has 0 bridgehead atoms. The lowest BCUT2D eigenvalue weighted by molar-refractivity contribution is -0.143. The Labute approximate surface area is 155 Å². The fraction of sp³-hybridized carbons (Fsp3) is 0.133. The van der Waals surface area contributed by atoms with Crippen LogP contribution in [0.4, 0.5) is 4.79 Å². The molecule has 0 spiro atoms. The van der Waals surface area contributed by atoms with Gasteiger partial charge in [-0.25, -0.2) is 9.59 Å². The van der Waals surface area contributed by atoms with E-state index in [-0.39, 0.29) is 0 Å². The second-order valence-corrected chi connectivity index (χ2v) is 6.49. The van der Waals surface area contributed by atoms with Gasteiger partial charge >= 0.3 is 12.0 Å². The summed E-state index contributed by atoms with van der Waals surface area (Å²) in [5.41, 5.74) is 0. The number of esters is 1. The maximum atomic E-state index is 11.5. The zero-order valence-corrected chi connectivity index (χ0v) is 15.3. The first-order chi connectivity index (χ1) is 11.5. The normalized spacial score (nSPS) is 10.5. The van der Waals surface area contributed by atoms with E-state index in [1.165, 1.54) is 17.4 Å². The smallest absolute Gasteiger partial charge is 0.331 e. The largest absolute Gasteiger partial charge is 0.452 e. The van der Waals surface area contributed by atoms with Gasteiger partial charge in [0.15, 0.2) is 10.4 Å². The first-order valence-electron chi connectivity index (χ1n) is 6.73. The number of carbonyl (C=O) groups is 3. The highest BCUT2D eigenvalue weighted by molar-refractivity contribution is 14.1. The van der Waals surface area contributed by atoms with Crippen LogP contribution in [0.2, 0.25) is 0 Å². The van der Waals surface area contributed by atoms with Crippen molar-refractivity contribution in [3.05, 3.63) is 50.1 Å². The molecule has 2 heterocycles. The summed E-state index contributed by atoms with van der Waals surface area (Å²) < 4.78 is 10.6. The number of hydrogen-bond acceptors (Lipinski definition) is 6. The van der Waals surface area contributed by atoms with E-state index in [0.717, 1.165) is 11.0 Å². The summed E-state index contributed by atoms with van der Waals surface area (Å²) in [6, 6.07) is 6.51. The van der Waals surface area contributed by atoms with Gasteiger partial charge < -0.3 is 14.5 Å². The number of carbonyl (C=O) groups excluding carboxylic acids is 3.